The second-order valence-corrected chi connectivity index (χ2v) is 6.18. The van der Waals surface area contributed by atoms with Crippen LogP contribution >= 0.6 is 11.3 Å². The number of piperidine rings is 1. The summed E-state index contributed by atoms with van der Waals surface area (Å²) in [4.78, 5) is 18.4. The Kier molecular flexibility index (Phi) is 3.95. The van der Waals surface area contributed by atoms with Crippen molar-refractivity contribution in [2.45, 2.75) is 25.8 Å². The van der Waals surface area contributed by atoms with Crippen molar-refractivity contribution in [3.8, 4) is 0 Å². The maximum Gasteiger partial charge on any atom is 0.274 e. The zero-order chi connectivity index (χ0) is 13.9. The van der Waals surface area contributed by atoms with Crippen molar-refractivity contribution >= 4 is 27.5 Å². The van der Waals surface area contributed by atoms with E-state index in [0.717, 1.165) is 34.9 Å². The molecule has 2 heterocycles. The van der Waals surface area contributed by atoms with Gasteiger partial charge < -0.3 is 0 Å². The van der Waals surface area contributed by atoms with Crippen LogP contribution in [0.1, 0.15) is 34.6 Å². The number of hydrogen-bond donors (Lipinski definition) is 2. The molecular formula is C14H17N3O2S. The molecule has 2 N–H and O–H groups in total. The number of nitrogens with zero attached hydrogens (tertiary/aromatic N) is 2. The number of thiazole rings is 1. The molecule has 0 saturated carbocycles. The van der Waals surface area contributed by atoms with Crippen molar-refractivity contribution in [3.05, 3.63) is 28.8 Å². The van der Waals surface area contributed by atoms with E-state index in [1.54, 1.807) is 28.9 Å². The molecule has 1 aliphatic rings. The Morgan fingerprint density at radius 1 is 1.35 bits per heavy atom. The fourth-order valence-corrected chi connectivity index (χ4v) is 3.55. The van der Waals surface area contributed by atoms with Gasteiger partial charge >= 0.3 is 0 Å². The lowest BCUT2D eigenvalue weighted by Gasteiger charge is -2.25. The van der Waals surface area contributed by atoms with Gasteiger partial charge in [-0.2, -0.15) is 0 Å². The lowest BCUT2D eigenvalue weighted by atomic mass is 10.1. The number of carbonyl (C=O) groups excluding carboxylic acids is 1. The minimum absolute atomic E-state index is 0.426. The van der Waals surface area contributed by atoms with Crippen molar-refractivity contribution in [1.29, 1.82) is 0 Å². The highest BCUT2D eigenvalue weighted by molar-refractivity contribution is 7.18. The summed E-state index contributed by atoms with van der Waals surface area (Å²) in [6, 6.07) is 5.31. The molecule has 1 aromatic heterocycles. The smallest absolute Gasteiger partial charge is 0.274 e. The van der Waals surface area contributed by atoms with E-state index in [4.69, 9.17) is 5.21 Å². The minimum Gasteiger partial charge on any atom is -0.297 e. The van der Waals surface area contributed by atoms with Gasteiger partial charge in [0, 0.05) is 5.56 Å². The van der Waals surface area contributed by atoms with Crippen molar-refractivity contribution in [2.75, 3.05) is 13.1 Å². The predicted octanol–water partition coefficient (Wildman–Crippen LogP) is 2.40. The molecule has 2 aromatic rings. The average molecular weight is 291 g/mol. The van der Waals surface area contributed by atoms with Gasteiger partial charge in [0.05, 0.1) is 16.8 Å². The standard InChI is InChI=1S/C14H17N3O2S/c18-14(16-19)10-4-5-12-11(8-10)15-13(20-12)9-17-6-2-1-3-7-17/h4-5,8,19H,1-3,6-7,9H2,(H,16,18). The number of rotatable bonds is 3. The summed E-state index contributed by atoms with van der Waals surface area (Å²) < 4.78 is 1.08. The Hall–Kier alpha value is -1.50. The van der Waals surface area contributed by atoms with Gasteiger partial charge in [0.15, 0.2) is 0 Å². The first-order chi connectivity index (χ1) is 9.76. The molecule has 0 aliphatic carbocycles. The number of aromatic nitrogens is 1. The summed E-state index contributed by atoms with van der Waals surface area (Å²) >= 11 is 1.67. The summed E-state index contributed by atoms with van der Waals surface area (Å²) in [5.41, 5.74) is 2.89. The second-order valence-electron chi connectivity index (χ2n) is 5.07. The first kappa shape index (κ1) is 13.5. The molecule has 0 spiro atoms. The molecule has 0 radical (unpaired) electrons. The zero-order valence-corrected chi connectivity index (χ0v) is 11.9. The van der Waals surface area contributed by atoms with Crippen LogP contribution in [0.2, 0.25) is 0 Å². The number of amides is 1. The number of hydrogen-bond acceptors (Lipinski definition) is 5. The first-order valence-corrected chi connectivity index (χ1v) is 7.64. The Balaban J connectivity index is 1.81. The molecule has 6 heteroatoms. The molecule has 0 unspecified atom stereocenters. The van der Waals surface area contributed by atoms with Crippen LogP contribution in [-0.4, -0.2) is 34.1 Å². The molecule has 106 valence electrons. The molecule has 0 atom stereocenters. The maximum atomic E-state index is 11.4. The Bertz CT molecular complexity index is 620. The SMILES string of the molecule is O=C(NO)c1ccc2sc(CN3CCCCC3)nc2c1. The number of likely N-dealkylation sites (tertiary alicyclic amines) is 1. The number of nitrogens with one attached hydrogen (secondary N) is 1. The highest BCUT2D eigenvalue weighted by atomic mass is 32.1. The quantitative estimate of drug-likeness (QED) is 0.673. The average Bonchev–Trinajstić information content (AvgIpc) is 2.88. The molecule has 1 aliphatic heterocycles. The first-order valence-electron chi connectivity index (χ1n) is 6.82. The van der Waals surface area contributed by atoms with Crippen molar-refractivity contribution in [3.63, 3.8) is 0 Å². The van der Waals surface area contributed by atoms with E-state index < -0.39 is 5.91 Å². The summed E-state index contributed by atoms with van der Waals surface area (Å²) in [5.74, 6) is -0.502. The maximum absolute atomic E-state index is 11.4. The molecule has 1 saturated heterocycles. The van der Waals surface area contributed by atoms with Crippen LogP contribution in [0.25, 0.3) is 10.2 Å². The van der Waals surface area contributed by atoms with Gasteiger partial charge in [0.2, 0.25) is 0 Å². The van der Waals surface area contributed by atoms with Crippen molar-refractivity contribution in [2.24, 2.45) is 0 Å². The molecule has 1 aromatic carbocycles. The summed E-state index contributed by atoms with van der Waals surface area (Å²) in [5, 5.41) is 9.74. The summed E-state index contributed by atoms with van der Waals surface area (Å²) in [6.07, 6.45) is 3.87. The largest absolute Gasteiger partial charge is 0.297 e. The predicted molar refractivity (Wildman–Crippen MR) is 78.0 cm³/mol. The monoisotopic (exact) mass is 291 g/mol. The van der Waals surface area contributed by atoms with E-state index in [1.807, 2.05) is 6.07 Å². The van der Waals surface area contributed by atoms with Gasteiger partial charge in [-0.1, -0.05) is 6.42 Å². The van der Waals surface area contributed by atoms with Gasteiger partial charge in [-0.3, -0.25) is 14.9 Å². The van der Waals surface area contributed by atoms with E-state index in [1.165, 1.54) is 19.3 Å². The van der Waals surface area contributed by atoms with Crippen LogP contribution in [0.3, 0.4) is 0 Å². The van der Waals surface area contributed by atoms with E-state index in [2.05, 4.69) is 9.88 Å². The fourth-order valence-electron chi connectivity index (χ4n) is 2.56. The highest BCUT2D eigenvalue weighted by Crippen LogP contribution is 2.25. The number of carbonyl (C=O) groups is 1. The van der Waals surface area contributed by atoms with Gasteiger partial charge in [-0.05, 0) is 44.1 Å². The van der Waals surface area contributed by atoms with Gasteiger partial charge in [0.25, 0.3) is 5.91 Å². The fraction of sp³-hybridized carbons (Fsp3) is 0.429. The molecule has 1 fully saturated rings. The second kappa shape index (κ2) is 5.87. The number of fused-ring (bicyclic) bond motifs is 1. The van der Waals surface area contributed by atoms with Gasteiger partial charge in [-0.15, -0.1) is 11.3 Å². The molecule has 1 amide bonds. The Labute approximate surface area is 121 Å². The molecule has 0 bridgehead atoms. The van der Waals surface area contributed by atoms with E-state index >= 15 is 0 Å². The third-order valence-electron chi connectivity index (χ3n) is 3.60. The normalized spacial score (nSPS) is 16.4. The lowest BCUT2D eigenvalue weighted by Crippen LogP contribution is -2.28. The topological polar surface area (TPSA) is 65.5 Å². The van der Waals surface area contributed by atoms with Crippen molar-refractivity contribution in [1.82, 2.24) is 15.4 Å². The van der Waals surface area contributed by atoms with Crippen molar-refractivity contribution < 1.29 is 10.0 Å². The van der Waals surface area contributed by atoms with Crippen LogP contribution in [-0.2, 0) is 6.54 Å². The Morgan fingerprint density at radius 3 is 2.90 bits per heavy atom. The van der Waals surface area contributed by atoms with Crippen LogP contribution in [0.15, 0.2) is 18.2 Å². The zero-order valence-electron chi connectivity index (χ0n) is 11.1. The third kappa shape index (κ3) is 2.82. The highest BCUT2D eigenvalue weighted by Gasteiger charge is 2.14. The van der Waals surface area contributed by atoms with Crippen LogP contribution in [0.4, 0.5) is 0 Å². The lowest BCUT2D eigenvalue weighted by molar-refractivity contribution is 0.0706. The van der Waals surface area contributed by atoms with Crippen LogP contribution in [0, 0.1) is 0 Å². The van der Waals surface area contributed by atoms with E-state index in [9.17, 15) is 4.79 Å². The van der Waals surface area contributed by atoms with E-state index in [-0.39, 0.29) is 0 Å². The van der Waals surface area contributed by atoms with Crippen LogP contribution in [0.5, 0.6) is 0 Å². The molecule has 3 rings (SSSR count). The molecule has 20 heavy (non-hydrogen) atoms. The molecular weight excluding hydrogens is 274 g/mol. The summed E-state index contributed by atoms with van der Waals surface area (Å²) in [7, 11) is 0. The Morgan fingerprint density at radius 2 is 2.15 bits per heavy atom. The van der Waals surface area contributed by atoms with Gasteiger partial charge in [0.1, 0.15) is 5.01 Å². The number of hydroxylamine groups is 1. The minimum atomic E-state index is -0.502. The summed E-state index contributed by atoms with van der Waals surface area (Å²) in [6.45, 7) is 3.18. The number of benzene rings is 1. The third-order valence-corrected chi connectivity index (χ3v) is 4.62. The van der Waals surface area contributed by atoms with E-state index in [0.29, 0.717) is 5.56 Å². The van der Waals surface area contributed by atoms with Crippen LogP contribution < -0.4 is 5.48 Å². The van der Waals surface area contributed by atoms with Gasteiger partial charge in [-0.25, -0.2) is 10.5 Å². The molecule has 5 nitrogen and oxygen atoms in total.